The Hall–Kier alpha value is -1.28. The normalized spacial score (nSPS) is 39.3. The van der Waals surface area contributed by atoms with Crippen LogP contribution in [0, 0.1) is 49.4 Å². The molecule has 0 amide bonds. The van der Waals surface area contributed by atoms with E-state index in [9.17, 15) is 20.1 Å². The summed E-state index contributed by atoms with van der Waals surface area (Å²) < 4.78 is 17.5. The molecular formula is C56H85BrMgN2O7. The van der Waals surface area contributed by atoms with E-state index in [2.05, 4.69) is 68.9 Å². The van der Waals surface area contributed by atoms with Gasteiger partial charge in [0, 0.05) is 85.1 Å². The Balaban J connectivity index is 0.000000193. The number of rotatable bonds is 10. The molecule has 2 saturated heterocycles. The average molecular weight is 1000 g/mol. The van der Waals surface area contributed by atoms with Crippen molar-refractivity contribution in [1.82, 2.24) is 9.80 Å². The molecule has 2 aliphatic heterocycles. The summed E-state index contributed by atoms with van der Waals surface area (Å²) in [6, 6.07) is 9.60. The van der Waals surface area contributed by atoms with Crippen molar-refractivity contribution >= 4 is 28.8 Å². The number of aliphatic hydroxyl groups is 1. The van der Waals surface area contributed by atoms with Crippen molar-refractivity contribution in [3.8, 4) is 11.5 Å². The van der Waals surface area contributed by atoms with Crippen LogP contribution in [0.2, 0.25) is 0 Å². The molecule has 2 aromatic carbocycles. The molecule has 9 nitrogen and oxygen atoms in total. The Bertz CT molecular complexity index is 2170. The third-order valence-electron chi connectivity index (χ3n) is 20.8. The van der Waals surface area contributed by atoms with Gasteiger partial charge in [0.2, 0.25) is 0 Å². The molecule has 2 spiro atoms. The monoisotopic (exact) mass is 1000 g/mol. The van der Waals surface area contributed by atoms with Gasteiger partial charge in [-0.3, -0.25) is 4.79 Å². The van der Waals surface area contributed by atoms with Crippen molar-refractivity contribution < 1.29 is 51.3 Å². The fourth-order valence-electron chi connectivity index (χ4n) is 18.4. The van der Waals surface area contributed by atoms with Gasteiger partial charge in [0.1, 0.15) is 17.3 Å². The summed E-state index contributed by atoms with van der Waals surface area (Å²) in [5.41, 5.74) is 5.47. The van der Waals surface area contributed by atoms with E-state index < -0.39 is 5.60 Å². The molecule has 2 unspecified atom stereocenters. The number of carbonyl (C=O) groups is 1. The minimum absolute atomic E-state index is 0. The van der Waals surface area contributed by atoms with E-state index in [0.29, 0.717) is 41.7 Å². The molecule has 2 heterocycles. The van der Waals surface area contributed by atoms with Crippen LogP contribution in [0.25, 0.3) is 0 Å². The van der Waals surface area contributed by atoms with Crippen molar-refractivity contribution in [2.75, 3.05) is 54.6 Å². The second-order valence-electron chi connectivity index (χ2n) is 22.7. The molecule has 11 heteroatoms. The fraction of sp³-hybridized carbons (Fsp3) is 0.750. The number of aryl methyl sites for hydroxylation is 2. The van der Waals surface area contributed by atoms with Crippen LogP contribution < -0.4 is 17.0 Å². The number of phenolic OH excluding ortho intramolecular Hbond substituents is 2. The number of likely N-dealkylation sites (N-methyl/N-ethyl adjacent to an activating group) is 2. The maximum absolute atomic E-state index is 13.2. The minimum atomic E-state index is -0.743. The molecule has 67 heavy (non-hydrogen) atoms. The van der Waals surface area contributed by atoms with E-state index >= 15 is 0 Å². The van der Waals surface area contributed by atoms with Gasteiger partial charge >= 0.3 is 23.1 Å². The first-order chi connectivity index (χ1) is 30.4. The van der Waals surface area contributed by atoms with Crippen molar-refractivity contribution in [3.63, 3.8) is 0 Å². The molecule has 10 bridgehead atoms. The van der Waals surface area contributed by atoms with Gasteiger partial charge in [0.15, 0.2) is 0 Å². The van der Waals surface area contributed by atoms with E-state index in [-0.39, 0.29) is 91.7 Å². The summed E-state index contributed by atoms with van der Waals surface area (Å²) in [5, 5.41) is 34.7. The molecule has 9 fully saturated rings. The number of methoxy groups -OCH3 is 2. The molecule has 11 aliphatic rings. The second kappa shape index (κ2) is 19.0. The average Bonchev–Trinajstić information content (AvgIpc) is 3.82. The van der Waals surface area contributed by atoms with Crippen LogP contribution in [-0.4, -0.2) is 137 Å². The summed E-state index contributed by atoms with van der Waals surface area (Å²) in [5.74, 6) is 1.70. The van der Waals surface area contributed by atoms with Crippen molar-refractivity contribution in [2.45, 2.75) is 184 Å². The van der Waals surface area contributed by atoms with Crippen LogP contribution in [0.15, 0.2) is 24.3 Å². The summed E-state index contributed by atoms with van der Waals surface area (Å²) in [6.07, 6.45) is 14.5. The van der Waals surface area contributed by atoms with Crippen LogP contribution in [0.1, 0.15) is 151 Å². The third kappa shape index (κ3) is 6.85. The number of phenols is 2. The molecule has 9 aliphatic carbocycles. The molecule has 13 rings (SSSR count). The summed E-state index contributed by atoms with van der Waals surface area (Å²) in [7, 11) is 8.24. The maximum atomic E-state index is 13.2. The number of halogens is 1. The van der Waals surface area contributed by atoms with E-state index in [1.54, 1.807) is 0 Å². The van der Waals surface area contributed by atoms with Gasteiger partial charge < -0.3 is 63.7 Å². The molecule has 0 aromatic heterocycles. The number of piperidine rings is 2. The number of fused-ring (bicyclic) bond motifs is 5. The first-order valence-corrected chi connectivity index (χ1v) is 25.4. The number of hydrogen-bond acceptors (Lipinski definition) is 9. The van der Waals surface area contributed by atoms with Crippen molar-refractivity contribution in [2.24, 2.45) is 28.1 Å². The standard InChI is InChI=1S/C26H37NO3.C25H35NO3.C4H10O.CH3.BrH.Mg/c1-6-9-22(3,29)25-15-23-10-11-26(25,30-5)21(25)24(23)12-13-27(4)18(23)14-17-8-7-16(2)20(28)19(17)24;1-5-6-19(27)18-14-23-9-10-25(18,29-4)15-24(23)11-12-26(3)20(23)13-17-8-7-16(2)22(28)21(17)24;1-3-5-4-2;;;/h7-8,18,21,28-29H,6,9-15H2,1-5H3;7-8,18,20,28H,5-6,9-15H2,1-4H3;3-4H2,1-2H3;1H3;1H;/q;;;-1;;+2/p-1/t18-,21?,22-,23-,24+,25?,26+;18-,20-,23-,24-,25+;;;;/m11..../s1. The van der Waals surface area contributed by atoms with Crippen molar-refractivity contribution in [1.29, 1.82) is 0 Å². The van der Waals surface area contributed by atoms with Gasteiger partial charge in [-0.15, -0.1) is 0 Å². The van der Waals surface area contributed by atoms with E-state index in [4.69, 9.17) is 14.2 Å². The van der Waals surface area contributed by atoms with Crippen LogP contribution in [-0.2, 0) is 42.7 Å². The molecular weight excluding hydrogens is 917 g/mol. The Morgan fingerprint density at radius 3 is 1.90 bits per heavy atom. The molecule has 7 saturated carbocycles. The van der Waals surface area contributed by atoms with Crippen molar-refractivity contribution in [3.05, 3.63) is 65.1 Å². The Kier molecular flexibility index (Phi) is 15.6. The molecule has 12 atom stereocenters. The van der Waals surface area contributed by atoms with Crippen LogP contribution in [0.3, 0.4) is 0 Å². The SMILES string of the molecule is CCCC(=O)[C@H]1C[C@@]23CC[C@]1(OC)C[C@@]21CCN(C)[C@@H]3Cc2ccc(C)c(O)c21.CCC[C@@](C)(O)C12C[C@@]34CC[C@]1(OC)C2[C@@]31CCN(C)[C@@H]4Cc2ccc(C)c(O)c21.CCOCC.[Br-].[CH3-].[Mg+2]. The fourth-order valence-corrected chi connectivity index (χ4v) is 18.4. The van der Waals surface area contributed by atoms with E-state index in [0.717, 1.165) is 127 Å². The van der Waals surface area contributed by atoms with E-state index in [1.807, 2.05) is 41.9 Å². The number of nitrogens with zero attached hydrogens (tertiary/aromatic N) is 2. The number of benzene rings is 2. The van der Waals surface area contributed by atoms with Gasteiger partial charge in [-0.05, 0) is 178 Å². The summed E-state index contributed by atoms with van der Waals surface area (Å²) in [4.78, 5) is 18.4. The zero-order chi connectivity index (χ0) is 46.0. The summed E-state index contributed by atoms with van der Waals surface area (Å²) >= 11 is 0. The van der Waals surface area contributed by atoms with Crippen LogP contribution >= 0.6 is 0 Å². The van der Waals surface area contributed by atoms with E-state index in [1.165, 1.54) is 22.3 Å². The van der Waals surface area contributed by atoms with Gasteiger partial charge in [0.25, 0.3) is 0 Å². The zero-order valence-corrected chi connectivity index (χ0v) is 46.5. The largest absolute Gasteiger partial charge is 2.00 e. The number of ether oxygens (including phenoxy) is 3. The predicted octanol–water partition coefficient (Wildman–Crippen LogP) is 6.19. The number of hydrogen-bond donors (Lipinski definition) is 3. The van der Waals surface area contributed by atoms with Gasteiger partial charge in [-0.1, -0.05) is 44.5 Å². The minimum Gasteiger partial charge on any atom is -1.00 e. The molecule has 3 N–H and O–H groups in total. The van der Waals surface area contributed by atoms with Crippen LogP contribution in [0.4, 0.5) is 0 Å². The number of likely N-dealkylation sites (tertiary alicyclic amines) is 2. The Morgan fingerprint density at radius 1 is 0.776 bits per heavy atom. The maximum Gasteiger partial charge on any atom is 2.00 e. The van der Waals surface area contributed by atoms with Crippen LogP contribution in [0.5, 0.6) is 11.5 Å². The van der Waals surface area contributed by atoms with Gasteiger partial charge in [-0.25, -0.2) is 0 Å². The van der Waals surface area contributed by atoms with Gasteiger partial charge in [0.05, 0.1) is 16.8 Å². The smallest absolute Gasteiger partial charge is 1.00 e. The number of aromatic hydroxyl groups is 2. The Labute approximate surface area is 431 Å². The topological polar surface area (TPSA) is 112 Å². The summed E-state index contributed by atoms with van der Waals surface area (Å²) in [6.45, 7) is 18.2. The molecule has 2 aromatic rings. The first kappa shape index (κ1) is 55.0. The molecule has 0 radical (unpaired) electrons. The number of Topliss-reactive ketones (excluding diaryl/α,β-unsaturated/α-hetero) is 1. The second-order valence-corrected chi connectivity index (χ2v) is 22.7. The zero-order valence-electron chi connectivity index (χ0n) is 43.5. The number of ketones is 1. The Morgan fingerprint density at radius 2 is 1.34 bits per heavy atom. The first-order valence-electron chi connectivity index (χ1n) is 25.4. The quantitative estimate of drug-likeness (QED) is 0.190. The number of carbonyl (C=O) groups excluding carboxylic acids is 1. The predicted molar refractivity (Wildman–Crippen MR) is 264 cm³/mol. The van der Waals surface area contributed by atoms with Gasteiger partial charge in [-0.2, -0.15) is 0 Å². The third-order valence-corrected chi connectivity index (χ3v) is 20.8. The molecule has 370 valence electrons.